The Bertz CT molecular complexity index is 1260. The molecule has 0 aliphatic heterocycles. The molecule has 0 bridgehead atoms. The van der Waals surface area contributed by atoms with Gasteiger partial charge >= 0.3 is 0 Å². The van der Waals surface area contributed by atoms with Crippen molar-refractivity contribution in [1.82, 2.24) is 4.98 Å². The van der Waals surface area contributed by atoms with Gasteiger partial charge in [-0.15, -0.1) is 34.9 Å². The van der Waals surface area contributed by atoms with Gasteiger partial charge in [0.25, 0.3) is 0 Å². The van der Waals surface area contributed by atoms with Crippen LogP contribution in [0.4, 0.5) is 4.39 Å². The fraction of sp³-hybridized carbons (Fsp3) is 0.154. The Morgan fingerprint density at radius 2 is 1.74 bits per heavy atom. The van der Waals surface area contributed by atoms with Gasteiger partial charge in [0.15, 0.2) is 5.78 Å². The number of carbonyl (C=O) groups is 1. The first-order valence-corrected chi connectivity index (χ1v) is 9.61. The number of halogens is 1. The van der Waals surface area contributed by atoms with E-state index in [2.05, 4.69) is 30.1 Å². The van der Waals surface area contributed by atoms with E-state index in [1.807, 2.05) is 37.3 Å². The Morgan fingerprint density at radius 1 is 1.06 bits per heavy atom. The average Bonchev–Trinajstić information content (AvgIpc) is 2.66. The summed E-state index contributed by atoms with van der Waals surface area (Å²) in [5, 5.41) is 11.7. The first-order valence-electron chi connectivity index (χ1n) is 9.61. The number of pyridine rings is 1. The third kappa shape index (κ3) is 5.84. The molecule has 4 aromatic rings. The van der Waals surface area contributed by atoms with E-state index in [4.69, 9.17) is 5.11 Å². The Kier molecular flexibility index (Phi) is 8.21. The summed E-state index contributed by atoms with van der Waals surface area (Å²) in [6, 6.07) is 18.5. The van der Waals surface area contributed by atoms with Crippen LogP contribution in [-0.2, 0) is 24.9 Å². The van der Waals surface area contributed by atoms with Crippen LogP contribution in [0.25, 0.3) is 32.8 Å². The molecule has 1 N–H and O–H groups in total. The second-order valence-electron chi connectivity index (χ2n) is 7.31. The molecule has 0 saturated heterocycles. The van der Waals surface area contributed by atoms with Crippen molar-refractivity contribution in [1.29, 1.82) is 0 Å². The zero-order chi connectivity index (χ0) is 21.8. The van der Waals surface area contributed by atoms with Crippen molar-refractivity contribution in [2.24, 2.45) is 0 Å². The molecule has 0 fully saturated rings. The molecule has 0 unspecified atom stereocenters. The topological polar surface area (TPSA) is 50.2 Å². The fourth-order valence-electron chi connectivity index (χ4n) is 3.53. The minimum absolute atomic E-state index is 0. The molecule has 1 heterocycles. The second-order valence-corrected chi connectivity index (χ2v) is 7.31. The quantitative estimate of drug-likeness (QED) is 0.123. The standard InChI is InChI=1S/C21H15FN.C5H8O2.Ir/c1-13-9-14(2)11-16(10-13)21-20-15(7-8-23-21)12-19(22)17-5-3-4-6-18(17)20;1-4(6)3-5(2)7;/h3-10,12H,1-2H3;3,6H,1-2H3;/q-1;;/b;4-3-;. The summed E-state index contributed by atoms with van der Waals surface area (Å²) in [6.07, 6.45) is 2.90. The number of allylic oxidation sites excluding steroid dienone is 2. The van der Waals surface area contributed by atoms with Gasteiger partial charge in [-0.3, -0.25) is 4.79 Å². The summed E-state index contributed by atoms with van der Waals surface area (Å²) in [4.78, 5) is 14.6. The van der Waals surface area contributed by atoms with E-state index in [1.54, 1.807) is 12.3 Å². The molecule has 3 nitrogen and oxygen atoms in total. The van der Waals surface area contributed by atoms with E-state index >= 15 is 0 Å². The Morgan fingerprint density at radius 3 is 2.32 bits per heavy atom. The van der Waals surface area contributed by atoms with E-state index in [0.29, 0.717) is 5.39 Å². The molecule has 0 aliphatic carbocycles. The first-order chi connectivity index (χ1) is 14.3. The van der Waals surface area contributed by atoms with Crippen molar-refractivity contribution in [2.45, 2.75) is 27.7 Å². The molecule has 1 aromatic heterocycles. The number of hydrogen-bond donors (Lipinski definition) is 1. The van der Waals surface area contributed by atoms with E-state index in [-0.39, 0.29) is 37.5 Å². The molecule has 161 valence electrons. The molecule has 0 atom stereocenters. The van der Waals surface area contributed by atoms with Crippen LogP contribution >= 0.6 is 0 Å². The maximum atomic E-state index is 14.4. The van der Waals surface area contributed by atoms with Crippen LogP contribution in [-0.4, -0.2) is 15.9 Å². The minimum Gasteiger partial charge on any atom is -0.512 e. The molecule has 0 saturated carbocycles. The van der Waals surface area contributed by atoms with Crippen LogP contribution in [0.3, 0.4) is 0 Å². The third-order valence-electron chi connectivity index (χ3n) is 4.53. The summed E-state index contributed by atoms with van der Waals surface area (Å²) in [5.41, 5.74) is 4.04. The van der Waals surface area contributed by atoms with Gasteiger partial charge in [0.2, 0.25) is 0 Å². The molecule has 0 aliphatic rings. The maximum Gasteiger partial charge on any atom is 0.155 e. The number of aromatic nitrogens is 1. The Labute approximate surface area is 195 Å². The number of hydrogen-bond acceptors (Lipinski definition) is 3. The van der Waals surface area contributed by atoms with Crippen molar-refractivity contribution in [3.8, 4) is 11.3 Å². The molecule has 0 amide bonds. The number of aliphatic hydroxyl groups excluding tert-OH is 1. The number of ketones is 1. The Hall–Kier alpha value is -2.88. The van der Waals surface area contributed by atoms with Crippen LogP contribution in [0.1, 0.15) is 25.0 Å². The number of carbonyl (C=O) groups excluding carboxylic acids is 1. The van der Waals surface area contributed by atoms with Crippen LogP contribution in [0.15, 0.2) is 66.6 Å². The van der Waals surface area contributed by atoms with Gasteiger partial charge < -0.3 is 10.1 Å². The zero-order valence-electron chi connectivity index (χ0n) is 17.8. The largest absolute Gasteiger partial charge is 0.512 e. The van der Waals surface area contributed by atoms with Gasteiger partial charge in [0.1, 0.15) is 5.82 Å². The van der Waals surface area contributed by atoms with Crippen molar-refractivity contribution in [3.05, 3.63) is 89.6 Å². The molecule has 0 spiro atoms. The van der Waals surface area contributed by atoms with Gasteiger partial charge in [-0.05, 0) is 47.8 Å². The summed E-state index contributed by atoms with van der Waals surface area (Å²) < 4.78 is 14.4. The van der Waals surface area contributed by atoms with Crippen LogP contribution in [0.5, 0.6) is 0 Å². The van der Waals surface area contributed by atoms with Gasteiger partial charge in [0.05, 0.1) is 5.76 Å². The SMILES string of the molecule is CC(=O)/C=C(/C)O.Cc1[c-]c(-c2nccc3cc(F)c4ccccc4c23)cc(C)c1.[Ir]. The molecule has 31 heavy (non-hydrogen) atoms. The van der Waals surface area contributed by atoms with Crippen molar-refractivity contribution in [3.63, 3.8) is 0 Å². The number of rotatable bonds is 2. The molecule has 5 heteroatoms. The van der Waals surface area contributed by atoms with Crippen LogP contribution < -0.4 is 0 Å². The third-order valence-corrected chi connectivity index (χ3v) is 4.53. The van der Waals surface area contributed by atoms with E-state index in [0.717, 1.165) is 33.0 Å². The van der Waals surface area contributed by atoms with E-state index < -0.39 is 0 Å². The van der Waals surface area contributed by atoms with Crippen molar-refractivity contribution < 1.29 is 34.4 Å². The van der Waals surface area contributed by atoms with Crippen molar-refractivity contribution >= 4 is 27.3 Å². The maximum absolute atomic E-state index is 14.4. The summed E-state index contributed by atoms with van der Waals surface area (Å²) >= 11 is 0. The number of aliphatic hydroxyl groups is 1. The van der Waals surface area contributed by atoms with E-state index in [9.17, 15) is 9.18 Å². The number of aryl methyl sites for hydroxylation is 2. The smallest absolute Gasteiger partial charge is 0.155 e. The van der Waals surface area contributed by atoms with Gasteiger partial charge in [-0.25, -0.2) is 4.39 Å². The van der Waals surface area contributed by atoms with Gasteiger partial charge in [-0.2, -0.15) is 0 Å². The van der Waals surface area contributed by atoms with Gasteiger partial charge in [-0.1, -0.05) is 38.1 Å². The number of nitrogens with zero attached hydrogens (tertiary/aromatic N) is 1. The molecular formula is C26H23FIrNO2-. The number of benzene rings is 3. The predicted molar refractivity (Wildman–Crippen MR) is 120 cm³/mol. The minimum atomic E-state index is -0.199. The summed E-state index contributed by atoms with van der Waals surface area (Å²) in [6.45, 7) is 6.94. The van der Waals surface area contributed by atoms with E-state index in [1.165, 1.54) is 25.5 Å². The fourth-order valence-corrected chi connectivity index (χ4v) is 3.53. The summed E-state index contributed by atoms with van der Waals surface area (Å²) in [7, 11) is 0. The molecular weight excluding hydrogens is 570 g/mol. The monoisotopic (exact) mass is 593 g/mol. The zero-order valence-corrected chi connectivity index (χ0v) is 20.2. The predicted octanol–water partition coefficient (Wildman–Crippen LogP) is 6.65. The van der Waals surface area contributed by atoms with Gasteiger partial charge in [0, 0.05) is 37.8 Å². The Balaban J connectivity index is 0.000000373. The molecule has 1 radical (unpaired) electrons. The van der Waals surface area contributed by atoms with Crippen molar-refractivity contribution in [2.75, 3.05) is 0 Å². The average molecular weight is 593 g/mol. The molecule has 3 aromatic carbocycles. The summed E-state index contributed by atoms with van der Waals surface area (Å²) in [5.74, 6) is -0.262. The first kappa shape index (κ1) is 24.4. The van der Waals surface area contributed by atoms with Crippen LogP contribution in [0, 0.1) is 25.7 Å². The number of fused-ring (bicyclic) bond motifs is 3. The second kappa shape index (κ2) is 10.4. The molecule has 4 rings (SSSR count). The van der Waals surface area contributed by atoms with Crippen LogP contribution in [0.2, 0.25) is 0 Å². The normalized spacial score (nSPS) is 10.9.